The van der Waals surface area contributed by atoms with Crippen molar-refractivity contribution < 1.29 is 4.74 Å². The third-order valence-electron chi connectivity index (χ3n) is 3.57. The summed E-state index contributed by atoms with van der Waals surface area (Å²) in [5, 5.41) is 11.1. The molecule has 2 unspecified atom stereocenters. The molecule has 1 aromatic heterocycles. The van der Waals surface area contributed by atoms with Crippen LogP contribution in [0.5, 0.6) is 0 Å². The van der Waals surface area contributed by atoms with Crippen LogP contribution >= 0.6 is 0 Å². The molecule has 3 rings (SSSR count). The van der Waals surface area contributed by atoms with Gasteiger partial charge in [-0.15, -0.1) is 5.10 Å². The zero-order valence-corrected chi connectivity index (χ0v) is 11.6. The van der Waals surface area contributed by atoms with Gasteiger partial charge in [-0.3, -0.25) is 0 Å². The number of nitrogens with zero attached hydrogens (tertiary/aromatic N) is 3. The van der Waals surface area contributed by atoms with E-state index in [4.69, 9.17) is 4.74 Å². The Bertz CT molecular complexity index is 589. The zero-order chi connectivity index (χ0) is 13.4. The number of anilines is 1. The van der Waals surface area contributed by atoms with Gasteiger partial charge in [0.25, 0.3) is 0 Å². The standard InChI is InChI=1S/C15H19N3O/c1-10-8-18(9-11(2)19-10)15-14-7-5-4-6-13(14)12(3)16-17-15/h4-7,10-11H,8-9H2,1-3H3. The predicted octanol–water partition coefficient (Wildman–Crippen LogP) is 2.55. The summed E-state index contributed by atoms with van der Waals surface area (Å²) >= 11 is 0. The molecule has 100 valence electrons. The summed E-state index contributed by atoms with van der Waals surface area (Å²) in [6.45, 7) is 7.95. The highest BCUT2D eigenvalue weighted by Crippen LogP contribution is 2.27. The van der Waals surface area contributed by atoms with Crippen molar-refractivity contribution in [2.75, 3.05) is 18.0 Å². The molecule has 1 aliphatic rings. The number of benzene rings is 1. The van der Waals surface area contributed by atoms with Crippen LogP contribution in [0.15, 0.2) is 24.3 Å². The lowest BCUT2D eigenvalue weighted by Crippen LogP contribution is -2.46. The van der Waals surface area contributed by atoms with E-state index >= 15 is 0 Å². The lowest BCUT2D eigenvalue weighted by atomic mass is 10.1. The fourth-order valence-corrected chi connectivity index (χ4v) is 2.81. The second-order valence-corrected chi connectivity index (χ2v) is 5.32. The maximum Gasteiger partial charge on any atom is 0.159 e. The first-order valence-electron chi connectivity index (χ1n) is 6.77. The summed E-state index contributed by atoms with van der Waals surface area (Å²) in [6.07, 6.45) is 0.455. The Kier molecular flexibility index (Phi) is 3.11. The molecule has 0 amide bonds. The first-order chi connectivity index (χ1) is 9.15. The van der Waals surface area contributed by atoms with E-state index < -0.39 is 0 Å². The van der Waals surface area contributed by atoms with E-state index in [-0.39, 0.29) is 12.2 Å². The van der Waals surface area contributed by atoms with Gasteiger partial charge in [0.05, 0.1) is 17.9 Å². The van der Waals surface area contributed by atoms with Crippen molar-refractivity contribution in [3.05, 3.63) is 30.0 Å². The van der Waals surface area contributed by atoms with Gasteiger partial charge in [0.15, 0.2) is 5.82 Å². The van der Waals surface area contributed by atoms with Gasteiger partial charge < -0.3 is 9.64 Å². The third-order valence-corrected chi connectivity index (χ3v) is 3.57. The first kappa shape index (κ1) is 12.4. The van der Waals surface area contributed by atoms with E-state index in [9.17, 15) is 0 Å². The Morgan fingerprint density at radius 3 is 2.37 bits per heavy atom. The molecule has 19 heavy (non-hydrogen) atoms. The van der Waals surface area contributed by atoms with Crippen molar-refractivity contribution in [3.63, 3.8) is 0 Å². The molecule has 0 N–H and O–H groups in total. The molecule has 1 saturated heterocycles. The minimum Gasteiger partial charge on any atom is -0.372 e. The largest absolute Gasteiger partial charge is 0.372 e. The lowest BCUT2D eigenvalue weighted by Gasteiger charge is -2.36. The van der Waals surface area contributed by atoms with Gasteiger partial charge in [-0.1, -0.05) is 24.3 Å². The molecule has 1 aromatic carbocycles. The van der Waals surface area contributed by atoms with E-state index in [2.05, 4.69) is 47.1 Å². The topological polar surface area (TPSA) is 38.2 Å². The van der Waals surface area contributed by atoms with Crippen molar-refractivity contribution in [2.24, 2.45) is 0 Å². The fourth-order valence-electron chi connectivity index (χ4n) is 2.81. The average Bonchev–Trinajstić information content (AvgIpc) is 2.38. The maximum absolute atomic E-state index is 5.78. The molecule has 2 aromatic rings. The van der Waals surface area contributed by atoms with Crippen molar-refractivity contribution in [2.45, 2.75) is 33.0 Å². The molecule has 0 spiro atoms. The van der Waals surface area contributed by atoms with Crippen LogP contribution in [0.2, 0.25) is 0 Å². The van der Waals surface area contributed by atoms with Gasteiger partial charge in [-0.2, -0.15) is 5.10 Å². The SMILES string of the molecule is Cc1nnc(N2CC(C)OC(C)C2)c2ccccc12. The molecule has 1 aliphatic heterocycles. The number of hydrogen-bond acceptors (Lipinski definition) is 4. The second-order valence-electron chi connectivity index (χ2n) is 5.32. The van der Waals surface area contributed by atoms with Crippen LogP contribution in [0.1, 0.15) is 19.5 Å². The molecule has 2 heterocycles. The Hall–Kier alpha value is -1.68. The number of fused-ring (bicyclic) bond motifs is 1. The molecule has 0 saturated carbocycles. The number of hydrogen-bond donors (Lipinski definition) is 0. The van der Waals surface area contributed by atoms with E-state index in [1.807, 2.05) is 13.0 Å². The lowest BCUT2D eigenvalue weighted by molar-refractivity contribution is -0.00541. The fraction of sp³-hybridized carbons (Fsp3) is 0.467. The van der Waals surface area contributed by atoms with Crippen molar-refractivity contribution >= 4 is 16.6 Å². The summed E-state index contributed by atoms with van der Waals surface area (Å²) in [7, 11) is 0. The Morgan fingerprint density at radius 2 is 1.68 bits per heavy atom. The zero-order valence-electron chi connectivity index (χ0n) is 11.6. The number of ether oxygens (including phenoxy) is 1. The van der Waals surface area contributed by atoms with Crippen LogP contribution < -0.4 is 4.90 Å². The van der Waals surface area contributed by atoms with Crippen LogP contribution in [-0.2, 0) is 4.74 Å². The molecule has 1 fully saturated rings. The summed E-state index contributed by atoms with van der Waals surface area (Å²) in [4.78, 5) is 2.29. The predicted molar refractivity (Wildman–Crippen MR) is 76.5 cm³/mol. The minimum absolute atomic E-state index is 0.227. The Labute approximate surface area is 113 Å². The normalized spacial score (nSPS) is 23.8. The molecule has 0 aliphatic carbocycles. The summed E-state index contributed by atoms with van der Waals surface area (Å²) in [5.41, 5.74) is 0.980. The highest BCUT2D eigenvalue weighted by molar-refractivity contribution is 5.93. The summed E-state index contributed by atoms with van der Waals surface area (Å²) in [5.74, 6) is 0.975. The molecule has 4 heteroatoms. The van der Waals surface area contributed by atoms with E-state index in [1.54, 1.807) is 0 Å². The van der Waals surface area contributed by atoms with Gasteiger partial charge in [0.1, 0.15) is 0 Å². The van der Waals surface area contributed by atoms with Gasteiger partial charge in [0, 0.05) is 23.9 Å². The molecule has 2 atom stereocenters. The maximum atomic E-state index is 5.78. The van der Waals surface area contributed by atoms with Crippen molar-refractivity contribution in [3.8, 4) is 0 Å². The first-order valence-corrected chi connectivity index (χ1v) is 6.77. The second kappa shape index (κ2) is 4.78. The highest BCUT2D eigenvalue weighted by atomic mass is 16.5. The smallest absolute Gasteiger partial charge is 0.159 e. The highest BCUT2D eigenvalue weighted by Gasteiger charge is 2.24. The van der Waals surface area contributed by atoms with E-state index in [1.165, 1.54) is 10.8 Å². The van der Waals surface area contributed by atoms with E-state index in [0.717, 1.165) is 24.6 Å². The number of morpholine rings is 1. The van der Waals surface area contributed by atoms with E-state index in [0.29, 0.717) is 0 Å². The average molecular weight is 257 g/mol. The monoisotopic (exact) mass is 257 g/mol. The van der Waals surface area contributed by atoms with Crippen LogP contribution in [0.25, 0.3) is 10.8 Å². The van der Waals surface area contributed by atoms with Crippen LogP contribution in [0.4, 0.5) is 5.82 Å². The van der Waals surface area contributed by atoms with Gasteiger partial charge in [0.2, 0.25) is 0 Å². The molecular formula is C15H19N3O. The van der Waals surface area contributed by atoms with Gasteiger partial charge in [-0.25, -0.2) is 0 Å². The molecule has 4 nitrogen and oxygen atoms in total. The number of aryl methyl sites for hydroxylation is 1. The molecular weight excluding hydrogens is 238 g/mol. The van der Waals surface area contributed by atoms with Crippen LogP contribution in [-0.4, -0.2) is 35.5 Å². The third kappa shape index (κ3) is 2.28. The minimum atomic E-state index is 0.227. The summed E-state index contributed by atoms with van der Waals surface area (Å²) in [6, 6.07) is 8.33. The van der Waals surface area contributed by atoms with Gasteiger partial charge in [-0.05, 0) is 20.8 Å². The molecule has 0 radical (unpaired) electrons. The number of aromatic nitrogens is 2. The number of rotatable bonds is 1. The Morgan fingerprint density at radius 1 is 1.05 bits per heavy atom. The summed E-state index contributed by atoms with van der Waals surface area (Å²) < 4.78 is 5.78. The Balaban J connectivity index is 2.07. The van der Waals surface area contributed by atoms with Crippen LogP contribution in [0.3, 0.4) is 0 Å². The van der Waals surface area contributed by atoms with Gasteiger partial charge >= 0.3 is 0 Å². The quantitative estimate of drug-likeness (QED) is 0.787. The van der Waals surface area contributed by atoms with Crippen molar-refractivity contribution in [1.29, 1.82) is 0 Å². The van der Waals surface area contributed by atoms with Crippen LogP contribution in [0, 0.1) is 6.92 Å². The van der Waals surface area contributed by atoms with Crippen molar-refractivity contribution in [1.82, 2.24) is 10.2 Å². The molecule has 0 bridgehead atoms.